The molecule has 23 nitrogen and oxygen atoms in total. The summed E-state index contributed by atoms with van der Waals surface area (Å²) in [6.45, 7) is 6.31. The van der Waals surface area contributed by atoms with Crippen LogP contribution in [0.25, 0.3) is 38.5 Å². The molecule has 28 heteroatoms. The van der Waals surface area contributed by atoms with Crippen molar-refractivity contribution in [3.63, 3.8) is 0 Å². The van der Waals surface area contributed by atoms with Crippen LogP contribution < -0.4 is 16.0 Å². The maximum Gasteiger partial charge on any atom is 0.425 e. The zero-order valence-electron chi connectivity index (χ0n) is 39.5. The molecule has 0 spiro atoms. The molecule has 2 aliphatic rings. The average molecular weight is 1120 g/mol. The van der Waals surface area contributed by atoms with E-state index >= 15 is 0 Å². The highest BCUT2D eigenvalue weighted by Crippen LogP contribution is 2.44. The van der Waals surface area contributed by atoms with Gasteiger partial charge in [-0.05, 0) is 87.9 Å². The van der Waals surface area contributed by atoms with E-state index in [2.05, 4.69) is 10.6 Å². The van der Waals surface area contributed by atoms with Gasteiger partial charge in [-0.3, -0.25) is 23.5 Å². The molecule has 1 aliphatic carbocycles. The summed E-state index contributed by atoms with van der Waals surface area (Å²) in [7, 11) is -21.1. The smallest absolute Gasteiger partial charge is 0.425 e. The molecular formula is C46H48N4O19S5. The van der Waals surface area contributed by atoms with Gasteiger partial charge >= 0.3 is 37.3 Å². The van der Waals surface area contributed by atoms with Crippen LogP contribution in [0.3, 0.4) is 0 Å². The minimum absolute atomic E-state index is 0.00471. The van der Waals surface area contributed by atoms with Gasteiger partial charge in [-0.1, -0.05) is 55.0 Å². The van der Waals surface area contributed by atoms with Gasteiger partial charge in [0.25, 0.3) is 10.1 Å². The molecular weight excluding hydrogens is 1070 g/mol. The van der Waals surface area contributed by atoms with Crippen molar-refractivity contribution in [2.24, 2.45) is 5.41 Å². The fourth-order valence-corrected chi connectivity index (χ4v) is 11.5. The van der Waals surface area contributed by atoms with E-state index in [0.717, 1.165) is 6.07 Å². The molecule has 0 saturated heterocycles. The number of benzene rings is 4. The number of rotatable bonds is 17. The van der Waals surface area contributed by atoms with Crippen LogP contribution in [-0.2, 0) is 72.5 Å². The number of unbranched alkanes of at least 4 members (excludes halogenated alkanes) is 2. The Kier molecular flexibility index (Phi) is 18.5. The van der Waals surface area contributed by atoms with Gasteiger partial charge in [0.15, 0.2) is 4.90 Å². The Labute approximate surface area is 427 Å². The van der Waals surface area contributed by atoms with Crippen molar-refractivity contribution in [1.29, 1.82) is 0 Å². The number of nitrogens with one attached hydrogen (secondary N) is 2. The minimum Gasteiger partial charge on any atom is -0.744 e. The van der Waals surface area contributed by atoms with Crippen LogP contribution in [0.1, 0.15) is 64.9 Å². The first-order chi connectivity index (χ1) is 34.6. The number of aliphatic carboxylic acids is 1. The van der Waals surface area contributed by atoms with Crippen molar-refractivity contribution in [3.8, 4) is 0 Å². The summed E-state index contributed by atoms with van der Waals surface area (Å²) in [5, 5.41) is 17.1. The Morgan fingerprint density at radius 2 is 1.34 bits per heavy atom. The summed E-state index contributed by atoms with van der Waals surface area (Å²) in [4.78, 5) is 38.1. The highest BCUT2D eigenvalue weighted by molar-refractivity contribution is 7.87. The standard InChI is InChI=1S/C46H48N4O13S3.2O3S/c1-4-47-44(53)46(45(54)48-23-9-7-8-16-40(51)52)26-28(17-19-34-30-12-10-14-32-37(64(55,56)57)22-21-36(41(30)32)49(34)5-2)24-29(27-46)18-20-35-31-13-11-15-33-38(65(58,59)60)25-39(66(61,62)63)43(42(31)33)50(35)6-3;2*1-4(2)3/h10-15,17-22,24-25H,4-9,16,23,26-27H2,1-3H3,(H5-,47,48,51,52,53,54,55,56,57,58,59,60,61,62,63);;. The second-order valence-electron chi connectivity index (χ2n) is 16.5. The zero-order chi connectivity index (χ0) is 55.1. The summed E-state index contributed by atoms with van der Waals surface area (Å²) in [6.07, 6.45) is 9.87. The molecule has 1 atom stereocenters. The highest BCUT2D eigenvalue weighted by Gasteiger charge is 2.48. The summed E-state index contributed by atoms with van der Waals surface area (Å²) in [5.41, 5.74) is 0.766. The lowest BCUT2D eigenvalue weighted by atomic mass is 9.70. The van der Waals surface area contributed by atoms with E-state index in [0.29, 0.717) is 69.9 Å². The molecule has 1 unspecified atom stereocenters. The van der Waals surface area contributed by atoms with Crippen molar-refractivity contribution in [2.45, 2.75) is 80.5 Å². The quantitative estimate of drug-likeness (QED) is 0.0386. The summed E-state index contributed by atoms with van der Waals surface area (Å²) in [5.74, 6) is -2.05. The summed E-state index contributed by atoms with van der Waals surface area (Å²) in [6, 6.07) is 13.2. The van der Waals surface area contributed by atoms with Crippen molar-refractivity contribution >= 4 is 119 Å². The lowest BCUT2D eigenvalue weighted by Crippen LogP contribution is -2.52. The van der Waals surface area contributed by atoms with Crippen molar-refractivity contribution in [3.05, 3.63) is 101 Å². The number of carbonyl (C=O) groups is 3. The predicted octanol–water partition coefficient (Wildman–Crippen LogP) is 3.11. The number of nitrogens with zero attached hydrogens (tertiary/aromatic N) is 2. The molecule has 396 valence electrons. The number of carboxylic acids is 1. The van der Waals surface area contributed by atoms with Crippen molar-refractivity contribution in [1.82, 2.24) is 15.2 Å². The number of aryl methyl sites for hydroxylation is 1. The third-order valence-electron chi connectivity index (χ3n) is 12.0. The first kappa shape index (κ1) is 58.1. The number of hydrogen-bond acceptors (Lipinski definition) is 16. The van der Waals surface area contributed by atoms with E-state index in [1.165, 1.54) is 12.1 Å². The second kappa shape index (κ2) is 23.6. The molecule has 5 aromatic rings. The predicted molar refractivity (Wildman–Crippen MR) is 265 cm³/mol. The molecule has 0 saturated carbocycles. The summed E-state index contributed by atoms with van der Waals surface area (Å²) < 4.78 is 162. The number of allylic oxidation sites excluding steroid dienone is 6. The van der Waals surface area contributed by atoms with Crippen LogP contribution in [0.4, 0.5) is 5.69 Å². The maximum absolute atomic E-state index is 14.5. The van der Waals surface area contributed by atoms with Crippen molar-refractivity contribution < 1.29 is 88.2 Å². The fraction of sp³-hybridized carbons (Fsp3) is 0.304. The fourth-order valence-electron chi connectivity index (χ4n) is 9.27. The van der Waals surface area contributed by atoms with Gasteiger partial charge in [0.2, 0.25) is 23.2 Å². The van der Waals surface area contributed by atoms with Crippen LogP contribution in [-0.4, -0.2) is 122 Å². The molecule has 4 aromatic carbocycles. The van der Waals surface area contributed by atoms with Gasteiger partial charge in [-0.2, -0.15) is 21.4 Å². The number of carboxylic acid groups (broad SMARTS) is 1. The first-order valence-electron chi connectivity index (χ1n) is 22.2. The molecule has 0 radical (unpaired) electrons. The van der Waals surface area contributed by atoms with E-state index < -0.39 is 84.6 Å². The molecule has 0 bridgehead atoms. The highest BCUT2D eigenvalue weighted by atomic mass is 32.2. The molecule has 2 amide bonds. The molecule has 0 fully saturated rings. The Hall–Kier alpha value is -6.79. The number of carbonyl (C=O) groups excluding carboxylic acids is 2. The second-order valence-corrected chi connectivity index (χ2v) is 21.5. The summed E-state index contributed by atoms with van der Waals surface area (Å²) >= 11 is 0. The van der Waals surface area contributed by atoms with Crippen LogP contribution in [0, 0.1) is 5.41 Å². The Bertz CT molecular complexity index is 3860. The van der Waals surface area contributed by atoms with Crippen LogP contribution >= 0.6 is 0 Å². The van der Waals surface area contributed by atoms with E-state index in [1.54, 1.807) is 73.1 Å². The average Bonchev–Trinajstić information content (AvgIpc) is 3.79. The number of hydrogen-bond donors (Lipinski definition) is 5. The molecule has 74 heavy (non-hydrogen) atoms. The van der Waals surface area contributed by atoms with Gasteiger partial charge in [-0.15, -0.1) is 25.3 Å². The molecule has 7 rings (SSSR count). The van der Waals surface area contributed by atoms with Crippen LogP contribution in [0.15, 0.2) is 105 Å². The van der Waals surface area contributed by atoms with Gasteiger partial charge in [0.1, 0.15) is 27.0 Å². The van der Waals surface area contributed by atoms with Gasteiger partial charge in [-0.25, -0.2) is 8.42 Å². The number of amides is 2. The Balaban J connectivity index is 0.00000118. The molecule has 1 aromatic heterocycles. The van der Waals surface area contributed by atoms with Crippen molar-refractivity contribution in [2.75, 3.05) is 19.6 Å². The number of aromatic nitrogens is 1. The topological polar surface area (TPSA) is 372 Å². The SMILES string of the molecule is CCNC(=O)C1(C(=O)NCCCCCC(=O)O)CC(=CC=c2c3cccc4c(S(=O)(=O)[O-])ccc(c43)n2CC)C=C(C=CC2=[N+](CC)c3c(S(=O)(=O)O)cc(S(=O)(=O)O)c4cccc2c34)C1.O=S(=O)=O.O=S(=O)=O. The largest absolute Gasteiger partial charge is 0.744 e. The van der Waals surface area contributed by atoms with Crippen LogP contribution in [0.2, 0.25) is 0 Å². The first-order valence-corrected chi connectivity index (χ1v) is 28.5. The Morgan fingerprint density at radius 3 is 1.91 bits per heavy atom. The van der Waals surface area contributed by atoms with Crippen LogP contribution in [0.5, 0.6) is 0 Å². The van der Waals surface area contributed by atoms with Gasteiger partial charge in [0, 0.05) is 64.5 Å². The molecule has 2 heterocycles. The third-order valence-corrected chi connectivity index (χ3v) is 14.7. The zero-order valence-corrected chi connectivity index (χ0v) is 43.5. The van der Waals surface area contributed by atoms with Gasteiger partial charge in [0.05, 0.1) is 15.8 Å². The lowest BCUT2D eigenvalue weighted by molar-refractivity contribution is -0.433. The molecule has 1 aliphatic heterocycles. The maximum atomic E-state index is 14.5. The van der Waals surface area contributed by atoms with E-state index in [1.807, 2.05) is 23.6 Å². The molecule has 5 N–H and O–H groups in total. The van der Waals surface area contributed by atoms with Gasteiger partial charge < -0.3 is 24.9 Å². The Morgan fingerprint density at radius 1 is 0.743 bits per heavy atom. The van der Waals surface area contributed by atoms with E-state index in [-0.39, 0.29) is 65.6 Å². The monoisotopic (exact) mass is 1120 g/mol. The minimum atomic E-state index is -5.05. The van der Waals surface area contributed by atoms with E-state index in [9.17, 15) is 53.3 Å². The normalized spacial score (nSPS) is 16.5. The lowest BCUT2D eigenvalue weighted by Gasteiger charge is -2.35. The third kappa shape index (κ3) is 12.9. The van der Waals surface area contributed by atoms with E-state index in [4.69, 9.17) is 30.4 Å².